The summed E-state index contributed by atoms with van der Waals surface area (Å²) in [5, 5.41) is 14.2. The fraction of sp³-hybridized carbons (Fsp3) is 0.211. The van der Waals surface area contributed by atoms with Crippen molar-refractivity contribution < 1.29 is 14.1 Å². The van der Waals surface area contributed by atoms with E-state index in [0.29, 0.717) is 17.1 Å². The zero-order valence-electron chi connectivity index (χ0n) is 15.4. The van der Waals surface area contributed by atoms with Crippen molar-refractivity contribution in [1.82, 2.24) is 9.55 Å². The second kappa shape index (κ2) is 7.47. The number of oxazole rings is 1. The van der Waals surface area contributed by atoms with Gasteiger partial charge >= 0.3 is 5.76 Å². The van der Waals surface area contributed by atoms with Crippen LogP contribution in [0.4, 0.5) is 10.8 Å². The van der Waals surface area contributed by atoms with Gasteiger partial charge in [-0.15, -0.1) is 0 Å². The lowest BCUT2D eigenvalue weighted by Crippen LogP contribution is -2.17. The van der Waals surface area contributed by atoms with E-state index in [1.807, 2.05) is 25.1 Å². The summed E-state index contributed by atoms with van der Waals surface area (Å²) in [6.45, 7) is 2.23. The summed E-state index contributed by atoms with van der Waals surface area (Å²) in [5.41, 5.74) is 2.38. The maximum absolute atomic E-state index is 12.2. The van der Waals surface area contributed by atoms with E-state index in [0.717, 1.165) is 15.8 Å². The predicted molar refractivity (Wildman–Crippen MR) is 109 cm³/mol. The van der Waals surface area contributed by atoms with Gasteiger partial charge in [0, 0.05) is 19.0 Å². The Hall–Kier alpha value is -3.53. The van der Waals surface area contributed by atoms with Crippen LogP contribution in [0.15, 0.2) is 45.6 Å². The predicted octanol–water partition coefficient (Wildman–Crippen LogP) is 3.84. The van der Waals surface area contributed by atoms with Gasteiger partial charge in [0.15, 0.2) is 10.7 Å². The monoisotopic (exact) mass is 412 g/mol. The maximum atomic E-state index is 12.2. The molecule has 0 spiro atoms. The molecule has 0 aliphatic carbocycles. The van der Waals surface area contributed by atoms with Crippen LogP contribution in [0.25, 0.3) is 21.3 Å². The molecule has 2 aromatic heterocycles. The maximum Gasteiger partial charge on any atom is 0.419 e. The van der Waals surface area contributed by atoms with Crippen LogP contribution in [-0.2, 0) is 11.3 Å². The minimum atomic E-state index is -0.609. The van der Waals surface area contributed by atoms with Crippen molar-refractivity contribution in [2.24, 2.45) is 0 Å². The number of carbonyl (C=O) groups is 1. The van der Waals surface area contributed by atoms with Gasteiger partial charge in [-0.25, -0.2) is 9.78 Å². The number of amides is 1. The summed E-state index contributed by atoms with van der Waals surface area (Å²) in [6, 6.07) is 9.88. The van der Waals surface area contributed by atoms with Crippen molar-refractivity contribution in [2.45, 2.75) is 26.3 Å². The molecule has 0 aliphatic heterocycles. The molecule has 148 valence electrons. The minimum absolute atomic E-state index is 0.149. The number of non-ortho nitro benzene ring substituents is 1. The molecule has 2 heterocycles. The molecule has 1 N–H and O–H groups in total. The second-order valence-corrected chi connectivity index (χ2v) is 7.55. The molecule has 0 fully saturated rings. The van der Waals surface area contributed by atoms with E-state index in [9.17, 15) is 19.7 Å². The van der Waals surface area contributed by atoms with E-state index in [2.05, 4.69) is 10.3 Å². The highest BCUT2D eigenvalue weighted by atomic mass is 32.1. The number of hydrogen-bond donors (Lipinski definition) is 1. The normalized spacial score (nSPS) is 11.2. The van der Waals surface area contributed by atoms with Crippen LogP contribution < -0.4 is 11.1 Å². The largest absolute Gasteiger partial charge is 0.419 e. The third kappa shape index (κ3) is 3.74. The van der Waals surface area contributed by atoms with Crippen LogP contribution in [0.5, 0.6) is 0 Å². The molecule has 0 atom stereocenters. The van der Waals surface area contributed by atoms with Crippen LogP contribution in [0.1, 0.15) is 18.4 Å². The molecular formula is C19H16N4O5S. The quantitative estimate of drug-likeness (QED) is 0.379. The number of hydrogen-bond acceptors (Lipinski definition) is 7. The Morgan fingerprint density at radius 3 is 2.93 bits per heavy atom. The summed E-state index contributed by atoms with van der Waals surface area (Å²) in [4.78, 5) is 39.0. The number of anilines is 1. The molecule has 10 heteroatoms. The first kappa shape index (κ1) is 18.8. The van der Waals surface area contributed by atoms with Gasteiger partial charge in [0.25, 0.3) is 5.69 Å². The van der Waals surface area contributed by atoms with Gasteiger partial charge in [0.1, 0.15) is 0 Å². The fourth-order valence-electron chi connectivity index (χ4n) is 3.10. The fourth-order valence-corrected chi connectivity index (χ4v) is 4.06. The van der Waals surface area contributed by atoms with Crippen LogP contribution in [0.3, 0.4) is 0 Å². The van der Waals surface area contributed by atoms with E-state index in [1.165, 1.54) is 34.1 Å². The third-order valence-electron chi connectivity index (χ3n) is 4.52. The highest BCUT2D eigenvalue weighted by molar-refractivity contribution is 7.22. The van der Waals surface area contributed by atoms with E-state index in [1.54, 1.807) is 0 Å². The molecule has 0 saturated heterocycles. The Morgan fingerprint density at radius 1 is 1.34 bits per heavy atom. The lowest BCUT2D eigenvalue weighted by atomic mass is 10.2. The zero-order chi connectivity index (χ0) is 20.5. The average Bonchev–Trinajstić information content (AvgIpc) is 3.22. The van der Waals surface area contributed by atoms with Gasteiger partial charge in [-0.2, -0.15) is 0 Å². The number of para-hydroxylation sites is 1. The highest BCUT2D eigenvalue weighted by Gasteiger charge is 2.15. The van der Waals surface area contributed by atoms with Gasteiger partial charge in [-0.05, 0) is 31.0 Å². The number of nitrogens with one attached hydrogen (secondary N) is 1. The number of thiazole rings is 1. The number of nitrogens with zero attached hydrogens (tertiary/aromatic N) is 3. The number of nitro groups is 1. The summed E-state index contributed by atoms with van der Waals surface area (Å²) in [6.07, 6.45) is 0.599. The van der Waals surface area contributed by atoms with E-state index >= 15 is 0 Å². The molecule has 0 bridgehead atoms. The van der Waals surface area contributed by atoms with Crippen molar-refractivity contribution in [2.75, 3.05) is 5.32 Å². The molecule has 0 saturated carbocycles. The van der Waals surface area contributed by atoms with Gasteiger partial charge in [-0.1, -0.05) is 23.5 Å². The molecule has 9 nitrogen and oxygen atoms in total. The van der Waals surface area contributed by atoms with E-state index < -0.39 is 10.7 Å². The van der Waals surface area contributed by atoms with Crippen molar-refractivity contribution in [1.29, 1.82) is 0 Å². The SMILES string of the molecule is Cc1cccc2sc(NC(=O)CCCn3c(=O)oc4cc([N+](=O)[O-])ccc43)nc12. The van der Waals surface area contributed by atoms with E-state index in [-0.39, 0.29) is 30.1 Å². The lowest BCUT2D eigenvalue weighted by Gasteiger charge is -2.03. The summed E-state index contributed by atoms with van der Waals surface area (Å²) in [7, 11) is 0. The van der Waals surface area contributed by atoms with Crippen molar-refractivity contribution in [3.8, 4) is 0 Å². The molecular weight excluding hydrogens is 396 g/mol. The number of carbonyl (C=O) groups excluding carboxylic acids is 1. The molecule has 0 unspecified atom stereocenters. The molecule has 4 aromatic rings. The smallest absolute Gasteiger partial charge is 0.407 e. The van der Waals surface area contributed by atoms with Gasteiger partial charge in [-0.3, -0.25) is 19.5 Å². The first-order chi connectivity index (χ1) is 13.9. The van der Waals surface area contributed by atoms with Gasteiger partial charge < -0.3 is 9.73 Å². The number of benzene rings is 2. The molecule has 2 aromatic carbocycles. The summed E-state index contributed by atoms with van der Waals surface area (Å²) in [5.74, 6) is -0.805. The highest BCUT2D eigenvalue weighted by Crippen LogP contribution is 2.28. The lowest BCUT2D eigenvalue weighted by molar-refractivity contribution is -0.384. The van der Waals surface area contributed by atoms with Crippen LogP contribution in [0.2, 0.25) is 0 Å². The van der Waals surface area contributed by atoms with Crippen LogP contribution >= 0.6 is 11.3 Å². The Kier molecular flexibility index (Phi) is 4.85. The summed E-state index contributed by atoms with van der Waals surface area (Å²) < 4.78 is 7.46. The zero-order valence-corrected chi connectivity index (χ0v) is 16.2. The number of rotatable bonds is 6. The van der Waals surface area contributed by atoms with Gasteiger partial charge in [0.2, 0.25) is 5.91 Å². The first-order valence-corrected chi connectivity index (χ1v) is 9.68. The molecule has 0 aliphatic rings. The molecule has 1 amide bonds. The number of aryl methyl sites for hydroxylation is 2. The van der Waals surface area contributed by atoms with Crippen molar-refractivity contribution >= 4 is 49.4 Å². The minimum Gasteiger partial charge on any atom is -0.407 e. The Balaban J connectivity index is 1.41. The Bertz CT molecular complexity index is 1300. The Morgan fingerprint density at radius 2 is 2.17 bits per heavy atom. The van der Waals surface area contributed by atoms with Crippen molar-refractivity contribution in [3.63, 3.8) is 0 Å². The van der Waals surface area contributed by atoms with Gasteiger partial charge in [0.05, 0.1) is 26.7 Å². The number of fused-ring (bicyclic) bond motifs is 2. The topological polar surface area (TPSA) is 120 Å². The molecule has 0 radical (unpaired) electrons. The standard InChI is InChI=1S/C19H16N4O5S/c1-11-4-2-5-15-17(11)21-18(29-15)20-16(24)6-3-9-22-13-8-7-12(23(26)27)10-14(13)28-19(22)25/h2,4-5,7-8,10H,3,6,9H2,1H3,(H,20,21,24). The van der Waals surface area contributed by atoms with Crippen LogP contribution in [0, 0.1) is 17.0 Å². The van der Waals surface area contributed by atoms with Crippen LogP contribution in [-0.4, -0.2) is 20.4 Å². The van der Waals surface area contributed by atoms with Crippen molar-refractivity contribution in [3.05, 3.63) is 62.6 Å². The third-order valence-corrected chi connectivity index (χ3v) is 5.45. The average molecular weight is 412 g/mol. The van der Waals surface area contributed by atoms with E-state index in [4.69, 9.17) is 4.42 Å². The number of aromatic nitrogens is 2. The number of nitro benzene ring substituents is 1. The molecule has 29 heavy (non-hydrogen) atoms. The second-order valence-electron chi connectivity index (χ2n) is 6.52. The Labute approximate surface area is 167 Å². The summed E-state index contributed by atoms with van der Waals surface area (Å²) >= 11 is 1.41. The molecule has 4 rings (SSSR count). The first-order valence-electron chi connectivity index (χ1n) is 8.86.